The van der Waals surface area contributed by atoms with Gasteiger partial charge in [0.05, 0.1) is 28.1 Å². The zero-order valence-corrected chi connectivity index (χ0v) is 17.9. The fraction of sp³-hybridized carbons (Fsp3) is 0.217. The van der Waals surface area contributed by atoms with Gasteiger partial charge in [-0.25, -0.2) is 9.78 Å². The van der Waals surface area contributed by atoms with Crippen molar-refractivity contribution >= 4 is 44.5 Å². The Labute approximate surface area is 181 Å². The van der Waals surface area contributed by atoms with Gasteiger partial charge in [0.1, 0.15) is 21.9 Å². The van der Waals surface area contributed by atoms with Gasteiger partial charge in [0, 0.05) is 6.07 Å². The molecular weight excluding hydrogens is 418 g/mol. The molecule has 0 atom stereocenters. The first-order chi connectivity index (χ1) is 14.9. The molecule has 8 heteroatoms. The topological polar surface area (TPSA) is 95.7 Å². The average Bonchev–Trinajstić information content (AvgIpc) is 3.17. The molecule has 0 aliphatic rings. The van der Waals surface area contributed by atoms with Gasteiger partial charge in [-0.15, -0.1) is 11.3 Å². The molecule has 31 heavy (non-hydrogen) atoms. The highest BCUT2D eigenvalue weighted by Gasteiger charge is 2.26. The highest BCUT2D eigenvalue weighted by molar-refractivity contribution is 7.21. The number of rotatable bonds is 5. The number of nitrogens with zero attached hydrogens (tertiary/aromatic N) is 1. The molecule has 2 heterocycles. The van der Waals surface area contributed by atoms with E-state index in [-0.39, 0.29) is 40.6 Å². The zero-order valence-electron chi connectivity index (χ0n) is 17.1. The lowest BCUT2D eigenvalue weighted by molar-refractivity contribution is -0.137. The number of carbonyl (C=O) groups excluding carboxylic acids is 2. The molecule has 4 rings (SSSR count). The summed E-state index contributed by atoms with van der Waals surface area (Å²) in [5.41, 5.74) is 0.476. The SMILES string of the molecule is CCOC(=O)c1oc2cc(OC(=O)C(C)C)ccc2c(=O)c1-c1nc2ccccc2s1. The van der Waals surface area contributed by atoms with Crippen LogP contribution in [-0.2, 0) is 9.53 Å². The number of benzene rings is 2. The van der Waals surface area contributed by atoms with Gasteiger partial charge in [-0.1, -0.05) is 26.0 Å². The van der Waals surface area contributed by atoms with Crippen molar-refractivity contribution in [3.63, 3.8) is 0 Å². The fourth-order valence-electron chi connectivity index (χ4n) is 2.98. The number of ether oxygens (including phenoxy) is 2. The van der Waals surface area contributed by atoms with Crippen LogP contribution < -0.4 is 10.2 Å². The van der Waals surface area contributed by atoms with E-state index in [1.165, 1.54) is 29.5 Å². The molecule has 0 amide bonds. The van der Waals surface area contributed by atoms with Gasteiger partial charge in [-0.2, -0.15) is 0 Å². The zero-order chi connectivity index (χ0) is 22.1. The van der Waals surface area contributed by atoms with Gasteiger partial charge >= 0.3 is 11.9 Å². The van der Waals surface area contributed by atoms with Gasteiger partial charge in [-0.3, -0.25) is 9.59 Å². The van der Waals surface area contributed by atoms with Crippen LogP contribution in [0.2, 0.25) is 0 Å². The van der Waals surface area contributed by atoms with Gasteiger partial charge in [0.2, 0.25) is 11.2 Å². The number of para-hydroxylation sites is 1. The first kappa shape index (κ1) is 20.7. The second-order valence-corrected chi connectivity index (χ2v) is 8.11. The lowest BCUT2D eigenvalue weighted by Crippen LogP contribution is -2.16. The number of carbonyl (C=O) groups is 2. The molecule has 2 aromatic heterocycles. The van der Waals surface area contributed by atoms with E-state index in [0.29, 0.717) is 10.5 Å². The van der Waals surface area contributed by atoms with Crippen molar-refractivity contribution in [2.24, 2.45) is 5.92 Å². The van der Waals surface area contributed by atoms with Crippen LogP contribution in [0.15, 0.2) is 51.7 Å². The summed E-state index contributed by atoms with van der Waals surface area (Å²) in [4.78, 5) is 42.4. The standard InChI is InChI=1S/C23H19NO6S/c1-4-28-23(27)20-18(21-24-15-7-5-6-8-17(15)31-21)19(25)14-10-9-13(11-16(14)30-20)29-22(26)12(2)3/h5-12H,4H2,1-3H3. The molecule has 0 unspecified atom stereocenters. The molecule has 158 valence electrons. The van der Waals surface area contributed by atoms with E-state index in [1.807, 2.05) is 24.3 Å². The molecule has 0 saturated carbocycles. The quantitative estimate of drug-likeness (QED) is 0.327. The van der Waals surface area contributed by atoms with E-state index >= 15 is 0 Å². The highest BCUT2D eigenvalue weighted by atomic mass is 32.1. The number of esters is 2. The Bertz CT molecular complexity index is 1330. The molecule has 2 aromatic carbocycles. The average molecular weight is 437 g/mol. The van der Waals surface area contributed by atoms with Crippen molar-refractivity contribution in [2.45, 2.75) is 20.8 Å². The smallest absolute Gasteiger partial charge is 0.375 e. The maximum absolute atomic E-state index is 13.4. The van der Waals surface area contributed by atoms with Crippen molar-refractivity contribution in [1.29, 1.82) is 0 Å². The van der Waals surface area contributed by atoms with Crippen molar-refractivity contribution in [3.8, 4) is 16.3 Å². The molecular formula is C23H19NO6S. The summed E-state index contributed by atoms with van der Waals surface area (Å²) in [6.45, 7) is 5.21. The Morgan fingerprint density at radius 3 is 2.65 bits per heavy atom. The minimum atomic E-state index is -0.764. The number of hydrogen-bond donors (Lipinski definition) is 0. The summed E-state index contributed by atoms with van der Waals surface area (Å²) in [6, 6.07) is 11.9. The second-order valence-electron chi connectivity index (χ2n) is 7.08. The molecule has 7 nitrogen and oxygen atoms in total. The first-order valence-corrected chi connectivity index (χ1v) is 10.6. The monoisotopic (exact) mass is 437 g/mol. The summed E-state index contributed by atoms with van der Waals surface area (Å²) in [5, 5.41) is 0.613. The van der Waals surface area contributed by atoms with Crippen molar-refractivity contribution in [2.75, 3.05) is 6.61 Å². The van der Waals surface area contributed by atoms with Crippen LogP contribution in [0.4, 0.5) is 0 Å². The summed E-state index contributed by atoms with van der Waals surface area (Å²) in [7, 11) is 0. The van der Waals surface area contributed by atoms with Gasteiger partial charge in [0.25, 0.3) is 0 Å². The van der Waals surface area contributed by atoms with Crippen molar-refractivity contribution in [1.82, 2.24) is 4.98 Å². The molecule has 4 aromatic rings. The third-order valence-corrected chi connectivity index (χ3v) is 5.58. The molecule has 0 saturated heterocycles. The van der Waals surface area contributed by atoms with E-state index in [1.54, 1.807) is 20.8 Å². The van der Waals surface area contributed by atoms with E-state index in [0.717, 1.165) is 4.70 Å². The molecule has 0 spiro atoms. The maximum Gasteiger partial charge on any atom is 0.375 e. The maximum atomic E-state index is 13.4. The lowest BCUT2D eigenvalue weighted by atomic mass is 10.1. The summed E-state index contributed by atoms with van der Waals surface area (Å²) in [5.74, 6) is -1.51. The number of thiazole rings is 1. The molecule has 0 fully saturated rings. The van der Waals surface area contributed by atoms with E-state index in [2.05, 4.69) is 4.98 Å². The molecule has 0 aliphatic carbocycles. The third-order valence-electron chi connectivity index (χ3n) is 4.52. The summed E-state index contributed by atoms with van der Waals surface area (Å²) >= 11 is 1.29. The Morgan fingerprint density at radius 1 is 1.16 bits per heavy atom. The predicted molar refractivity (Wildman–Crippen MR) is 118 cm³/mol. The van der Waals surface area contributed by atoms with Crippen LogP contribution in [0, 0.1) is 5.92 Å². The third kappa shape index (κ3) is 3.94. The Balaban J connectivity index is 1.92. The van der Waals surface area contributed by atoms with Crippen LogP contribution in [0.3, 0.4) is 0 Å². The van der Waals surface area contributed by atoms with Crippen LogP contribution in [-0.4, -0.2) is 23.5 Å². The van der Waals surface area contributed by atoms with Crippen LogP contribution in [0.1, 0.15) is 31.3 Å². The van der Waals surface area contributed by atoms with Crippen molar-refractivity contribution < 1.29 is 23.5 Å². The largest absolute Gasteiger partial charge is 0.460 e. The summed E-state index contributed by atoms with van der Waals surface area (Å²) < 4.78 is 17.1. The Morgan fingerprint density at radius 2 is 1.94 bits per heavy atom. The van der Waals surface area contributed by atoms with E-state index < -0.39 is 17.4 Å². The highest BCUT2D eigenvalue weighted by Crippen LogP contribution is 2.33. The minimum Gasteiger partial charge on any atom is -0.460 e. The van der Waals surface area contributed by atoms with Crippen LogP contribution >= 0.6 is 11.3 Å². The molecule has 0 N–H and O–H groups in total. The normalized spacial score (nSPS) is 11.2. The van der Waals surface area contributed by atoms with E-state index in [4.69, 9.17) is 13.9 Å². The fourth-order valence-corrected chi connectivity index (χ4v) is 3.99. The number of aromatic nitrogens is 1. The van der Waals surface area contributed by atoms with E-state index in [9.17, 15) is 14.4 Å². The molecule has 0 radical (unpaired) electrons. The van der Waals surface area contributed by atoms with Crippen LogP contribution in [0.5, 0.6) is 5.75 Å². The van der Waals surface area contributed by atoms with Crippen LogP contribution in [0.25, 0.3) is 31.8 Å². The lowest BCUT2D eigenvalue weighted by Gasteiger charge is -2.10. The summed E-state index contributed by atoms with van der Waals surface area (Å²) in [6.07, 6.45) is 0. The number of fused-ring (bicyclic) bond motifs is 2. The molecule has 0 aliphatic heterocycles. The Kier molecular flexibility index (Phi) is 5.56. The number of hydrogen-bond acceptors (Lipinski definition) is 8. The van der Waals surface area contributed by atoms with Gasteiger partial charge < -0.3 is 13.9 Å². The van der Waals surface area contributed by atoms with Crippen molar-refractivity contribution in [3.05, 3.63) is 58.4 Å². The van der Waals surface area contributed by atoms with Gasteiger partial charge in [-0.05, 0) is 31.2 Å². The predicted octanol–water partition coefficient (Wildman–Crippen LogP) is 4.81. The Hall–Kier alpha value is -3.52. The minimum absolute atomic E-state index is 0.0547. The molecule has 0 bridgehead atoms. The van der Waals surface area contributed by atoms with Gasteiger partial charge in [0.15, 0.2) is 0 Å². The first-order valence-electron chi connectivity index (χ1n) is 9.74. The second kappa shape index (κ2) is 8.31.